The first-order valence-corrected chi connectivity index (χ1v) is 12.1. The molecule has 162 valence electrons. The molecule has 2 aromatic carbocycles. The number of methoxy groups -OCH3 is 1. The molecule has 7 heteroatoms. The Hall–Kier alpha value is -1.40. The predicted molar refractivity (Wildman–Crippen MR) is 127 cm³/mol. The number of nitrogens with one attached hydrogen (secondary N) is 1. The second-order valence-electron chi connectivity index (χ2n) is 7.49. The molecule has 0 radical (unpaired) electrons. The Morgan fingerprint density at radius 3 is 2.67 bits per heavy atom. The van der Waals surface area contributed by atoms with Crippen LogP contribution in [0, 0.1) is 5.92 Å². The van der Waals surface area contributed by atoms with E-state index >= 15 is 0 Å². The Labute approximate surface area is 193 Å². The zero-order valence-corrected chi connectivity index (χ0v) is 19.5. The van der Waals surface area contributed by atoms with Gasteiger partial charge in [0.1, 0.15) is 5.75 Å². The van der Waals surface area contributed by atoms with E-state index in [1.54, 1.807) is 18.9 Å². The van der Waals surface area contributed by atoms with Crippen LogP contribution in [0.25, 0.3) is 0 Å². The van der Waals surface area contributed by atoms with Crippen LogP contribution in [0.1, 0.15) is 24.0 Å². The fraction of sp³-hybridized carbons (Fsp3) is 0.435. The van der Waals surface area contributed by atoms with Crippen molar-refractivity contribution in [1.82, 2.24) is 10.2 Å². The fourth-order valence-electron chi connectivity index (χ4n) is 3.59. The zero-order chi connectivity index (χ0) is 21.3. The minimum absolute atomic E-state index is 0.117. The van der Waals surface area contributed by atoms with Gasteiger partial charge in [-0.1, -0.05) is 41.4 Å². The van der Waals surface area contributed by atoms with Crippen molar-refractivity contribution < 1.29 is 9.53 Å². The first-order chi connectivity index (χ1) is 14.5. The molecule has 1 amide bonds. The molecule has 0 bridgehead atoms. The highest BCUT2D eigenvalue weighted by molar-refractivity contribution is 7.98. The third-order valence-corrected chi connectivity index (χ3v) is 7.07. The van der Waals surface area contributed by atoms with Gasteiger partial charge >= 0.3 is 0 Å². The van der Waals surface area contributed by atoms with E-state index in [0.717, 1.165) is 55.3 Å². The highest BCUT2D eigenvalue weighted by Crippen LogP contribution is 2.25. The molecule has 1 N–H and O–H groups in total. The maximum absolute atomic E-state index is 12.5. The second-order valence-corrected chi connectivity index (χ2v) is 9.41. The molecule has 1 saturated heterocycles. The standard InChI is InChI=1S/C23H28Cl2N2O2S/c1-29-20-4-2-3-17(13-20)15-27-10-7-19(8-11-27)23(28)26-9-12-30-16-18-5-6-21(24)22(25)14-18/h2-6,13-14,19H,7-12,15-16H2,1H3,(H,26,28). The quantitative estimate of drug-likeness (QED) is 0.511. The van der Waals surface area contributed by atoms with E-state index in [1.165, 1.54) is 5.56 Å². The van der Waals surface area contributed by atoms with E-state index in [1.807, 2.05) is 30.3 Å². The van der Waals surface area contributed by atoms with Crippen molar-refractivity contribution in [2.24, 2.45) is 5.92 Å². The van der Waals surface area contributed by atoms with Crippen LogP contribution in [-0.2, 0) is 17.1 Å². The summed E-state index contributed by atoms with van der Waals surface area (Å²) < 4.78 is 5.30. The van der Waals surface area contributed by atoms with Gasteiger partial charge in [0.05, 0.1) is 17.2 Å². The Bertz CT molecular complexity index is 842. The van der Waals surface area contributed by atoms with Gasteiger partial charge in [-0.25, -0.2) is 0 Å². The number of hydrogen-bond acceptors (Lipinski definition) is 4. The molecule has 0 unspecified atom stereocenters. The van der Waals surface area contributed by atoms with Gasteiger partial charge in [0.15, 0.2) is 0 Å². The topological polar surface area (TPSA) is 41.6 Å². The van der Waals surface area contributed by atoms with Gasteiger partial charge in [-0.3, -0.25) is 9.69 Å². The molecular weight excluding hydrogens is 439 g/mol. The lowest BCUT2D eigenvalue weighted by Crippen LogP contribution is -2.40. The molecule has 1 heterocycles. The van der Waals surface area contributed by atoms with Crippen molar-refractivity contribution in [3.8, 4) is 5.75 Å². The Morgan fingerprint density at radius 1 is 1.13 bits per heavy atom. The number of nitrogens with zero attached hydrogens (tertiary/aromatic N) is 1. The summed E-state index contributed by atoms with van der Waals surface area (Å²) in [7, 11) is 1.69. The summed E-state index contributed by atoms with van der Waals surface area (Å²) >= 11 is 13.8. The average molecular weight is 467 g/mol. The molecule has 4 nitrogen and oxygen atoms in total. The molecule has 1 fully saturated rings. The van der Waals surface area contributed by atoms with Gasteiger partial charge in [0.25, 0.3) is 0 Å². The van der Waals surface area contributed by atoms with Gasteiger partial charge in [0, 0.05) is 30.5 Å². The largest absolute Gasteiger partial charge is 0.497 e. The van der Waals surface area contributed by atoms with Crippen molar-refractivity contribution in [3.63, 3.8) is 0 Å². The van der Waals surface area contributed by atoms with E-state index in [0.29, 0.717) is 16.6 Å². The highest BCUT2D eigenvalue weighted by atomic mass is 35.5. The van der Waals surface area contributed by atoms with Crippen molar-refractivity contribution in [3.05, 3.63) is 63.6 Å². The van der Waals surface area contributed by atoms with Gasteiger partial charge in [0.2, 0.25) is 5.91 Å². The maximum atomic E-state index is 12.5. The molecule has 1 aliphatic rings. The minimum Gasteiger partial charge on any atom is -0.497 e. The first kappa shape index (κ1) is 23.3. The van der Waals surface area contributed by atoms with Crippen LogP contribution < -0.4 is 10.1 Å². The third-order valence-electron chi connectivity index (χ3n) is 5.30. The molecule has 0 aromatic heterocycles. The monoisotopic (exact) mass is 466 g/mol. The van der Waals surface area contributed by atoms with Gasteiger partial charge < -0.3 is 10.1 Å². The number of thioether (sulfide) groups is 1. The van der Waals surface area contributed by atoms with E-state index in [-0.39, 0.29) is 11.8 Å². The molecule has 2 aromatic rings. The SMILES string of the molecule is COc1cccc(CN2CCC(C(=O)NCCSCc3ccc(Cl)c(Cl)c3)CC2)c1. The van der Waals surface area contributed by atoms with Crippen LogP contribution in [0.4, 0.5) is 0 Å². The normalized spacial score (nSPS) is 15.2. The first-order valence-electron chi connectivity index (χ1n) is 10.2. The molecular formula is C23H28Cl2N2O2S. The number of ether oxygens (including phenoxy) is 1. The smallest absolute Gasteiger partial charge is 0.223 e. The number of rotatable bonds is 9. The molecule has 0 spiro atoms. The second kappa shape index (κ2) is 11.8. The number of carbonyl (C=O) groups is 1. The number of benzene rings is 2. The van der Waals surface area contributed by atoms with E-state index in [2.05, 4.69) is 22.3 Å². The predicted octanol–water partition coefficient (Wildman–Crippen LogP) is 5.26. The lowest BCUT2D eigenvalue weighted by molar-refractivity contribution is -0.126. The summed E-state index contributed by atoms with van der Waals surface area (Å²) in [6, 6.07) is 13.9. The van der Waals surface area contributed by atoms with Crippen LogP contribution in [0.5, 0.6) is 5.75 Å². The zero-order valence-electron chi connectivity index (χ0n) is 17.2. The van der Waals surface area contributed by atoms with Crippen molar-refractivity contribution in [1.29, 1.82) is 0 Å². The summed E-state index contributed by atoms with van der Waals surface area (Å²) in [4.78, 5) is 14.9. The maximum Gasteiger partial charge on any atom is 0.223 e. The number of likely N-dealkylation sites (tertiary alicyclic amines) is 1. The van der Waals surface area contributed by atoms with Crippen molar-refractivity contribution in [2.75, 3.05) is 32.5 Å². The van der Waals surface area contributed by atoms with Crippen LogP contribution in [0.3, 0.4) is 0 Å². The summed E-state index contributed by atoms with van der Waals surface area (Å²) in [5.41, 5.74) is 2.39. The van der Waals surface area contributed by atoms with E-state index in [4.69, 9.17) is 27.9 Å². The molecule has 3 rings (SSSR count). The van der Waals surface area contributed by atoms with Crippen LogP contribution in [0.2, 0.25) is 10.0 Å². The summed E-state index contributed by atoms with van der Waals surface area (Å²) in [6.45, 7) is 3.48. The number of carbonyl (C=O) groups excluding carboxylic acids is 1. The Balaban J connectivity index is 1.31. The summed E-state index contributed by atoms with van der Waals surface area (Å²) in [5, 5.41) is 4.26. The Morgan fingerprint density at radius 2 is 1.93 bits per heavy atom. The lowest BCUT2D eigenvalue weighted by Gasteiger charge is -2.31. The van der Waals surface area contributed by atoms with Crippen LogP contribution in [0.15, 0.2) is 42.5 Å². The van der Waals surface area contributed by atoms with E-state index in [9.17, 15) is 4.79 Å². The van der Waals surface area contributed by atoms with E-state index < -0.39 is 0 Å². The van der Waals surface area contributed by atoms with Gasteiger partial charge in [-0.2, -0.15) is 11.8 Å². The minimum atomic E-state index is 0.117. The average Bonchev–Trinajstić information content (AvgIpc) is 2.76. The van der Waals surface area contributed by atoms with Crippen molar-refractivity contribution in [2.45, 2.75) is 25.1 Å². The van der Waals surface area contributed by atoms with Crippen LogP contribution in [-0.4, -0.2) is 43.3 Å². The number of piperidine rings is 1. The third kappa shape index (κ3) is 7.09. The Kier molecular flexibility index (Phi) is 9.19. The van der Waals surface area contributed by atoms with Crippen molar-refractivity contribution >= 4 is 40.9 Å². The molecule has 0 aliphatic carbocycles. The summed E-state index contributed by atoms with van der Waals surface area (Å²) in [5.74, 6) is 2.92. The molecule has 30 heavy (non-hydrogen) atoms. The highest BCUT2D eigenvalue weighted by Gasteiger charge is 2.24. The lowest BCUT2D eigenvalue weighted by atomic mass is 9.95. The van der Waals surface area contributed by atoms with Gasteiger partial charge in [-0.15, -0.1) is 0 Å². The number of halogens is 2. The number of amides is 1. The number of hydrogen-bond donors (Lipinski definition) is 1. The van der Waals surface area contributed by atoms with Gasteiger partial charge in [-0.05, 0) is 61.3 Å². The molecule has 0 saturated carbocycles. The molecule has 1 aliphatic heterocycles. The fourth-order valence-corrected chi connectivity index (χ4v) is 4.72. The van der Waals surface area contributed by atoms with Crippen LogP contribution >= 0.6 is 35.0 Å². The summed E-state index contributed by atoms with van der Waals surface area (Å²) in [6.07, 6.45) is 1.82. The molecule has 0 atom stereocenters.